The highest BCUT2D eigenvalue weighted by atomic mass is 16.5. The lowest BCUT2D eigenvalue weighted by molar-refractivity contribution is 0.0954. The monoisotopic (exact) mass is 324 g/mol. The summed E-state index contributed by atoms with van der Waals surface area (Å²) in [7, 11) is 0. The number of nitrogens with zero attached hydrogens (tertiary/aromatic N) is 1. The number of hydrogen-bond donors (Lipinski definition) is 1. The van der Waals surface area contributed by atoms with E-state index in [0.717, 1.165) is 23.4 Å². The average molecular weight is 324 g/mol. The van der Waals surface area contributed by atoms with Gasteiger partial charge in [0.05, 0.1) is 12.3 Å². The predicted molar refractivity (Wildman–Crippen MR) is 97.5 cm³/mol. The van der Waals surface area contributed by atoms with Gasteiger partial charge in [0.2, 0.25) is 0 Å². The van der Waals surface area contributed by atoms with Crippen molar-refractivity contribution in [2.75, 3.05) is 6.61 Å². The molecule has 0 atom stereocenters. The van der Waals surface area contributed by atoms with Crippen LogP contribution in [-0.2, 0) is 0 Å². The van der Waals surface area contributed by atoms with Crippen LogP contribution in [0.5, 0.6) is 5.75 Å². The summed E-state index contributed by atoms with van der Waals surface area (Å²) in [6.45, 7) is 6.83. The number of ether oxygens (including phenoxy) is 1. The van der Waals surface area contributed by atoms with Gasteiger partial charge in [-0.1, -0.05) is 51.1 Å². The molecule has 24 heavy (non-hydrogen) atoms. The highest BCUT2D eigenvalue weighted by Gasteiger charge is 2.10. The summed E-state index contributed by atoms with van der Waals surface area (Å²) in [4.78, 5) is 12.3. The van der Waals surface area contributed by atoms with Crippen molar-refractivity contribution >= 4 is 11.6 Å². The average Bonchev–Trinajstić information content (AvgIpc) is 2.61. The minimum absolute atomic E-state index is 0.206. The zero-order valence-corrected chi connectivity index (χ0v) is 14.5. The van der Waals surface area contributed by atoms with Crippen molar-refractivity contribution in [1.29, 1.82) is 0 Å². The fourth-order valence-electron chi connectivity index (χ4n) is 2.23. The number of hydrogen-bond acceptors (Lipinski definition) is 3. The smallest absolute Gasteiger partial charge is 0.271 e. The SMILES string of the molecule is CCCOc1ccc(C(=O)N/N=C(/c2ccccc2)C(C)C)cc1. The van der Waals surface area contributed by atoms with Crippen LogP contribution >= 0.6 is 0 Å². The molecule has 2 aromatic carbocycles. The third-order valence-electron chi connectivity index (χ3n) is 3.48. The third-order valence-corrected chi connectivity index (χ3v) is 3.48. The molecular formula is C20H24N2O2. The van der Waals surface area contributed by atoms with Crippen molar-refractivity contribution < 1.29 is 9.53 Å². The van der Waals surface area contributed by atoms with Gasteiger partial charge in [0.25, 0.3) is 5.91 Å². The van der Waals surface area contributed by atoms with Crippen LogP contribution in [0.4, 0.5) is 0 Å². The van der Waals surface area contributed by atoms with Gasteiger partial charge in [0.1, 0.15) is 5.75 Å². The van der Waals surface area contributed by atoms with Gasteiger partial charge in [-0.05, 0) is 42.2 Å². The quantitative estimate of drug-likeness (QED) is 0.611. The molecule has 1 N–H and O–H groups in total. The van der Waals surface area contributed by atoms with E-state index in [9.17, 15) is 4.79 Å². The molecule has 0 radical (unpaired) electrons. The van der Waals surface area contributed by atoms with Gasteiger partial charge in [-0.15, -0.1) is 0 Å². The van der Waals surface area contributed by atoms with Gasteiger partial charge in [0, 0.05) is 5.56 Å². The van der Waals surface area contributed by atoms with Gasteiger partial charge >= 0.3 is 0 Å². The van der Waals surface area contributed by atoms with Crippen LogP contribution in [-0.4, -0.2) is 18.2 Å². The predicted octanol–water partition coefficient (Wildman–Crippen LogP) is 4.27. The summed E-state index contributed by atoms with van der Waals surface area (Å²) < 4.78 is 5.52. The second-order valence-electron chi connectivity index (χ2n) is 5.83. The molecule has 126 valence electrons. The molecule has 0 aromatic heterocycles. The Morgan fingerprint density at radius 3 is 2.29 bits per heavy atom. The standard InChI is InChI=1S/C20H24N2O2/c1-4-14-24-18-12-10-17(11-13-18)20(23)22-21-19(15(2)3)16-8-6-5-7-9-16/h5-13,15H,4,14H2,1-3H3,(H,22,23)/b21-19+. The molecule has 4 heteroatoms. The van der Waals surface area contributed by atoms with Crippen molar-refractivity contribution in [3.05, 3.63) is 65.7 Å². The molecule has 2 aromatic rings. The fourth-order valence-corrected chi connectivity index (χ4v) is 2.23. The second-order valence-corrected chi connectivity index (χ2v) is 5.83. The maximum atomic E-state index is 12.3. The van der Waals surface area contributed by atoms with E-state index in [4.69, 9.17) is 4.74 Å². The van der Waals surface area contributed by atoms with E-state index >= 15 is 0 Å². The molecule has 0 aliphatic heterocycles. The van der Waals surface area contributed by atoms with E-state index in [-0.39, 0.29) is 11.8 Å². The van der Waals surface area contributed by atoms with E-state index in [0.29, 0.717) is 12.2 Å². The summed E-state index contributed by atoms with van der Waals surface area (Å²) in [6.07, 6.45) is 0.953. The number of amides is 1. The van der Waals surface area contributed by atoms with Crippen LogP contribution in [0.15, 0.2) is 59.7 Å². The lowest BCUT2D eigenvalue weighted by Gasteiger charge is -2.11. The zero-order chi connectivity index (χ0) is 17.4. The Labute approximate surface area is 143 Å². The van der Waals surface area contributed by atoms with Gasteiger partial charge in [-0.25, -0.2) is 5.43 Å². The Hall–Kier alpha value is -2.62. The summed E-state index contributed by atoms with van der Waals surface area (Å²) in [5.41, 5.74) is 5.07. The number of hydrazone groups is 1. The van der Waals surface area contributed by atoms with E-state index in [1.807, 2.05) is 30.3 Å². The molecule has 4 nitrogen and oxygen atoms in total. The largest absolute Gasteiger partial charge is 0.494 e. The van der Waals surface area contributed by atoms with Gasteiger partial charge in [-0.3, -0.25) is 4.79 Å². The van der Waals surface area contributed by atoms with E-state index < -0.39 is 0 Å². The Morgan fingerprint density at radius 2 is 1.71 bits per heavy atom. The minimum Gasteiger partial charge on any atom is -0.494 e. The van der Waals surface area contributed by atoms with E-state index in [1.165, 1.54) is 0 Å². The molecule has 0 fully saturated rings. The Bertz CT molecular complexity index is 677. The zero-order valence-electron chi connectivity index (χ0n) is 14.5. The molecule has 0 aliphatic rings. The molecule has 0 bridgehead atoms. The summed E-state index contributed by atoms with van der Waals surface area (Å²) >= 11 is 0. The van der Waals surface area contributed by atoms with Crippen molar-refractivity contribution in [2.45, 2.75) is 27.2 Å². The Morgan fingerprint density at radius 1 is 1.04 bits per heavy atom. The number of nitrogens with one attached hydrogen (secondary N) is 1. The van der Waals surface area contributed by atoms with Crippen LogP contribution in [0.3, 0.4) is 0 Å². The van der Waals surface area contributed by atoms with E-state index in [2.05, 4.69) is 31.3 Å². The number of rotatable bonds is 7. The first kappa shape index (κ1) is 17.7. The lowest BCUT2D eigenvalue weighted by atomic mass is 10.0. The normalized spacial score (nSPS) is 11.4. The molecule has 1 amide bonds. The third kappa shape index (κ3) is 4.95. The van der Waals surface area contributed by atoms with Gasteiger partial charge in [-0.2, -0.15) is 5.10 Å². The van der Waals surface area contributed by atoms with Crippen molar-refractivity contribution in [1.82, 2.24) is 5.43 Å². The number of carbonyl (C=O) groups is 1. The molecule has 0 saturated heterocycles. The van der Waals surface area contributed by atoms with Gasteiger partial charge < -0.3 is 4.74 Å². The van der Waals surface area contributed by atoms with Crippen LogP contribution in [0.25, 0.3) is 0 Å². The second kappa shape index (κ2) is 8.87. The maximum Gasteiger partial charge on any atom is 0.271 e. The maximum absolute atomic E-state index is 12.3. The van der Waals surface area contributed by atoms with Gasteiger partial charge in [0.15, 0.2) is 0 Å². The van der Waals surface area contributed by atoms with Crippen LogP contribution in [0.1, 0.15) is 43.1 Å². The topological polar surface area (TPSA) is 50.7 Å². The summed E-state index contributed by atoms with van der Waals surface area (Å²) in [5, 5.41) is 4.33. The van der Waals surface area contributed by atoms with Crippen LogP contribution in [0, 0.1) is 5.92 Å². The highest BCUT2D eigenvalue weighted by Crippen LogP contribution is 2.13. The molecule has 0 spiro atoms. The van der Waals surface area contributed by atoms with Crippen molar-refractivity contribution in [3.8, 4) is 5.75 Å². The highest BCUT2D eigenvalue weighted by molar-refractivity contribution is 6.03. The van der Waals surface area contributed by atoms with Crippen LogP contribution in [0.2, 0.25) is 0 Å². The molecule has 0 unspecified atom stereocenters. The molecule has 0 aliphatic carbocycles. The fraction of sp³-hybridized carbons (Fsp3) is 0.300. The summed E-state index contributed by atoms with van der Waals surface area (Å²) in [5.74, 6) is 0.743. The summed E-state index contributed by atoms with van der Waals surface area (Å²) in [6, 6.07) is 17.0. The molecule has 0 heterocycles. The first-order valence-electron chi connectivity index (χ1n) is 8.28. The molecule has 2 rings (SSSR count). The Kier molecular flexibility index (Phi) is 6.55. The van der Waals surface area contributed by atoms with E-state index in [1.54, 1.807) is 24.3 Å². The number of carbonyl (C=O) groups excluding carboxylic acids is 1. The lowest BCUT2D eigenvalue weighted by Crippen LogP contribution is -2.22. The van der Waals surface area contributed by atoms with Crippen molar-refractivity contribution in [2.24, 2.45) is 11.0 Å². The van der Waals surface area contributed by atoms with Crippen molar-refractivity contribution in [3.63, 3.8) is 0 Å². The number of benzene rings is 2. The van der Waals surface area contributed by atoms with Crippen LogP contribution < -0.4 is 10.2 Å². The molecule has 0 saturated carbocycles. The minimum atomic E-state index is -0.230. The Balaban J connectivity index is 2.07. The first-order chi connectivity index (χ1) is 11.6. The first-order valence-corrected chi connectivity index (χ1v) is 8.28. The molecular weight excluding hydrogens is 300 g/mol.